The Morgan fingerprint density at radius 1 is 0.900 bits per heavy atom. The molecule has 30 heavy (non-hydrogen) atoms. The molecule has 0 unspecified atom stereocenters. The molecule has 1 N–H and O–H groups in total. The number of fused-ring (bicyclic) bond motifs is 1. The summed E-state index contributed by atoms with van der Waals surface area (Å²) in [5, 5.41) is 2.87. The number of hydrogen-bond acceptors (Lipinski definition) is 4. The molecule has 2 aliphatic heterocycles. The molecule has 2 aromatic rings. The molecular formula is C22H24N4O4. The Kier molecular flexibility index (Phi) is 5.83. The molecule has 8 heteroatoms. The highest BCUT2D eigenvalue weighted by Crippen LogP contribution is 2.31. The lowest BCUT2D eigenvalue weighted by Gasteiger charge is -2.35. The molecule has 0 aliphatic carbocycles. The van der Waals surface area contributed by atoms with Crippen molar-refractivity contribution in [3.05, 3.63) is 54.6 Å². The molecule has 0 radical (unpaired) electrons. The number of carbonyl (C=O) groups is 3. The van der Waals surface area contributed by atoms with Crippen molar-refractivity contribution >= 4 is 29.2 Å². The highest BCUT2D eigenvalue weighted by Gasteiger charge is 2.28. The van der Waals surface area contributed by atoms with E-state index in [1.54, 1.807) is 14.7 Å². The highest BCUT2D eigenvalue weighted by atomic mass is 16.5. The van der Waals surface area contributed by atoms with Crippen LogP contribution in [0.2, 0.25) is 0 Å². The number of benzene rings is 2. The Hall–Kier alpha value is -3.55. The Bertz CT molecular complexity index is 926. The van der Waals surface area contributed by atoms with E-state index in [1.165, 1.54) is 0 Å². The lowest BCUT2D eigenvalue weighted by molar-refractivity contribution is -0.132. The van der Waals surface area contributed by atoms with Crippen LogP contribution in [0.25, 0.3) is 0 Å². The average Bonchev–Trinajstić information content (AvgIpc) is 2.79. The van der Waals surface area contributed by atoms with E-state index in [2.05, 4.69) is 5.32 Å². The fraction of sp³-hybridized carbons (Fsp3) is 0.318. The van der Waals surface area contributed by atoms with Crippen LogP contribution in [0.4, 0.5) is 16.2 Å². The van der Waals surface area contributed by atoms with Crippen LogP contribution in [0.1, 0.15) is 6.42 Å². The first-order chi connectivity index (χ1) is 14.6. The molecule has 2 aromatic carbocycles. The minimum Gasteiger partial charge on any atom is -0.482 e. The first kappa shape index (κ1) is 19.8. The van der Waals surface area contributed by atoms with Gasteiger partial charge in [-0.25, -0.2) is 4.79 Å². The van der Waals surface area contributed by atoms with E-state index in [0.29, 0.717) is 44.2 Å². The van der Waals surface area contributed by atoms with Gasteiger partial charge in [0.15, 0.2) is 6.61 Å². The molecular weight excluding hydrogens is 384 g/mol. The summed E-state index contributed by atoms with van der Waals surface area (Å²) in [7, 11) is 0. The summed E-state index contributed by atoms with van der Waals surface area (Å²) in [5.41, 5.74) is 1.44. The summed E-state index contributed by atoms with van der Waals surface area (Å²) in [6.07, 6.45) is 0.232. The summed E-state index contributed by atoms with van der Waals surface area (Å²) in [5.74, 6) is 0.487. The standard InChI is InChI=1S/C22H24N4O4/c27-20(10-11-26-18-8-4-5-9-19(18)30-16-21(26)28)24-12-14-25(15-13-24)22(29)23-17-6-2-1-3-7-17/h1-9H,10-16H2,(H,23,29). The number of para-hydroxylation sites is 3. The predicted octanol–water partition coefficient (Wildman–Crippen LogP) is 2.18. The van der Waals surface area contributed by atoms with Crippen LogP contribution >= 0.6 is 0 Å². The van der Waals surface area contributed by atoms with E-state index < -0.39 is 0 Å². The van der Waals surface area contributed by atoms with Crippen molar-refractivity contribution in [2.75, 3.05) is 49.5 Å². The Morgan fingerprint density at radius 3 is 2.33 bits per heavy atom. The third-order valence-electron chi connectivity index (χ3n) is 5.30. The third-order valence-corrected chi connectivity index (χ3v) is 5.30. The van der Waals surface area contributed by atoms with Crippen LogP contribution in [0.15, 0.2) is 54.6 Å². The number of hydrogen-bond donors (Lipinski definition) is 1. The number of amides is 4. The topological polar surface area (TPSA) is 82.2 Å². The number of rotatable bonds is 4. The van der Waals surface area contributed by atoms with Crippen LogP contribution in [-0.4, -0.2) is 67.0 Å². The normalized spacial score (nSPS) is 16.0. The van der Waals surface area contributed by atoms with Crippen LogP contribution in [0, 0.1) is 0 Å². The number of anilines is 2. The Labute approximate surface area is 175 Å². The second-order valence-electron chi connectivity index (χ2n) is 7.22. The van der Waals surface area contributed by atoms with Crippen molar-refractivity contribution in [2.45, 2.75) is 6.42 Å². The lowest BCUT2D eigenvalue weighted by atomic mass is 10.2. The van der Waals surface area contributed by atoms with Gasteiger partial charge < -0.3 is 24.8 Å². The van der Waals surface area contributed by atoms with Gasteiger partial charge in [-0.2, -0.15) is 0 Å². The van der Waals surface area contributed by atoms with Crippen molar-refractivity contribution in [2.24, 2.45) is 0 Å². The Balaban J connectivity index is 1.27. The Morgan fingerprint density at radius 2 is 1.57 bits per heavy atom. The fourth-order valence-electron chi connectivity index (χ4n) is 3.65. The molecule has 0 atom stereocenters. The van der Waals surface area contributed by atoms with Gasteiger partial charge in [-0.15, -0.1) is 0 Å². The third kappa shape index (κ3) is 4.37. The fourth-order valence-corrected chi connectivity index (χ4v) is 3.65. The first-order valence-electron chi connectivity index (χ1n) is 10.0. The van der Waals surface area contributed by atoms with Crippen LogP contribution in [-0.2, 0) is 9.59 Å². The van der Waals surface area contributed by atoms with Crippen molar-refractivity contribution in [1.29, 1.82) is 0 Å². The molecule has 4 amide bonds. The van der Waals surface area contributed by atoms with E-state index >= 15 is 0 Å². The number of urea groups is 1. The van der Waals surface area contributed by atoms with Crippen molar-refractivity contribution in [3.8, 4) is 5.75 Å². The number of carbonyl (C=O) groups excluding carboxylic acids is 3. The number of ether oxygens (including phenoxy) is 1. The molecule has 1 fully saturated rings. The summed E-state index contributed by atoms with van der Waals surface area (Å²) in [6, 6.07) is 16.5. The largest absolute Gasteiger partial charge is 0.482 e. The zero-order valence-electron chi connectivity index (χ0n) is 16.6. The van der Waals surface area contributed by atoms with Gasteiger partial charge in [0, 0.05) is 44.8 Å². The highest BCUT2D eigenvalue weighted by molar-refractivity contribution is 5.98. The summed E-state index contributed by atoms with van der Waals surface area (Å²) < 4.78 is 5.44. The molecule has 0 saturated carbocycles. The number of piperazine rings is 1. The second-order valence-corrected chi connectivity index (χ2v) is 7.22. The van der Waals surface area contributed by atoms with Crippen molar-refractivity contribution < 1.29 is 19.1 Å². The predicted molar refractivity (Wildman–Crippen MR) is 113 cm³/mol. The maximum Gasteiger partial charge on any atom is 0.321 e. The van der Waals surface area contributed by atoms with Crippen LogP contribution in [0.5, 0.6) is 5.75 Å². The molecule has 2 aliphatic rings. The monoisotopic (exact) mass is 408 g/mol. The smallest absolute Gasteiger partial charge is 0.321 e. The quantitative estimate of drug-likeness (QED) is 0.841. The second kappa shape index (κ2) is 8.86. The molecule has 0 aromatic heterocycles. The van der Waals surface area contributed by atoms with Gasteiger partial charge in [-0.05, 0) is 24.3 Å². The van der Waals surface area contributed by atoms with E-state index in [-0.39, 0.29) is 30.9 Å². The summed E-state index contributed by atoms with van der Waals surface area (Å²) in [4.78, 5) is 42.4. The maximum absolute atomic E-state index is 12.7. The molecule has 156 valence electrons. The van der Waals surface area contributed by atoms with Gasteiger partial charge in [-0.3, -0.25) is 9.59 Å². The first-order valence-corrected chi connectivity index (χ1v) is 10.0. The molecule has 4 rings (SSSR count). The molecule has 8 nitrogen and oxygen atoms in total. The van der Waals surface area contributed by atoms with Crippen LogP contribution < -0.4 is 15.0 Å². The van der Waals surface area contributed by atoms with Gasteiger partial charge in [0.2, 0.25) is 5.91 Å². The summed E-state index contributed by atoms with van der Waals surface area (Å²) in [6.45, 7) is 2.21. The van der Waals surface area contributed by atoms with Gasteiger partial charge in [0.1, 0.15) is 5.75 Å². The van der Waals surface area contributed by atoms with Crippen LogP contribution in [0.3, 0.4) is 0 Å². The SMILES string of the molecule is O=C(CCN1C(=O)COc2ccccc21)N1CCN(C(=O)Nc2ccccc2)CC1. The lowest BCUT2D eigenvalue weighted by Crippen LogP contribution is -2.52. The molecule has 2 heterocycles. The zero-order chi connectivity index (χ0) is 20.9. The molecule has 1 saturated heterocycles. The van der Waals surface area contributed by atoms with Gasteiger partial charge in [0.05, 0.1) is 5.69 Å². The van der Waals surface area contributed by atoms with Gasteiger partial charge >= 0.3 is 6.03 Å². The van der Waals surface area contributed by atoms with Gasteiger partial charge in [0.25, 0.3) is 5.91 Å². The zero-order valence-corrected chi connectivity index (χ0v) is 16.6. The van der Waals surface area contributed by atoms with Gasteiger partial charge in [-0.1, -0.05) is 30.3 Å². The average molecular weight is 408 g/mol. The summed E-state index contributed by atoms with van der Waals surface area (Å²) >= 11 is 0. The van der Waals surface area contributed by atoms with E-state index in [4.69, 9.17) is 4.74 Å². The van der Waals surface area contributed by atoms with E-state index in [0.717, 1.165) is 5.69 Å². The van der Waals surface area contributed by atoms with E-state index in [1.807, 2.05) is 54.6 Å². The van der Waals surface area contributed by atoms with E-state index in [9.17, 15) is 14.4 Å². The molecule has 0 bridgehead atoms. The maximum atomic E-state index is 12.7. The molecule has 0 spiro atoms. The minimum absolute atomic E-state index is 0.0135. The minimum atomic E-state index is -0.163. The number of nitrogens with one attached hydrogen (secondary N) is 1. The van der Waals surface area contributed by atoms with Crippen molar-refractivity contribution in [1.82, 2.24) is 9.80 Å². The number of nitrogens with zero attached hydrogens (tertiary/aromatic N) is 3. The van der Waals surface area contributed by atoms with Crippen molar-refractivity contribution in [3.63, 3.8) is 0 Å².